The van der Waals surface area contributed by atoms with E-state index in [2.05, 4.69) is 48.1 Å². The van der Waals surface area contributed by atoms with Gasteiger partial charge in [-0.05, 0) is 68.4 Å². The number of aromatic nitrogens is 2. The lowest BCUT2D eigenvalue weighted by Crippen LogP contribution is -2.23. The van der Waals surface area contributed by atoms with Crippen LogP contribution in [-0.4, -0.2) is 22.0 Å². The molecule has 0 amide bonds. The van der Waals surface area contributed by atoms with Gasteiger partial charge in [-0.3, -0.25) is 0 Å². The zero-order valence-electron chi connectivity index (χ0n) is 22.6. The molecule has 1 aliphatic carbocycles. The first-order chi connectivity index (χ1) is 17.7. The van der Waals surface area contributed by atoms with Crippen LogP contribution in [0.1, 0.15) is 121 Å². The molecule has 0 atom stereocenters. The molecular weight excluding hydrogens is 444 g/mol. The van der Waals surface area contributed by atoms with Crippen LogP contribution in [0.25, 0.3) is 11.4 Å². The van der Waals surface area contributed by atoms with E-state index in [0.29, 0.717) is 5.92 Å². The van der Waals surface area contributed by atoms with Crippen molar-refractivity contribution in [3.05, 3.63) is 59.9 Å². The van der Waals surface area contributed by atoms with Crippen molar-refractivity contribution in [3.63, 3.8) is 0 Å². The normalized spacial score (nSPS) is 17.9. The lowest BCUT2D eigenvalue weighted by atomic mass is 9.82. The van der Waals surface area contributed by atoms with Gasteiger partial charge in [-0.15, -0.1) is 0 Å². The number of nitrogens with zero attached hydrogens (tertiary/aromatic N) is 2. The highest BCUT2D eigenvalue weighted by Crippen LogP contribution is 2.34. The third-order valence-electron chi connectivity index (χ3n) is 7.35. The number of hydrogen-bond donors (Lipinski definition) is 0. The predicted octanol–water partition coefficient (Wildman–Crippen LogP) is 8.75. The van der Waals surface area contributed by atoms with Gasteiger partial charge in [-0.25, -0.2) is 14.8 Å². The van der Waals surface area contributed by atoms with E-state index >= 15 is 0 Å². The second kappa shape index (κ2) is 16.3. The molecule has 0 saturated heterocycles. The van der Waals surface area contributed by atoms with E-state index in [-0.39, 0.29) is 12.1 Å². The number of unbranched alkanes of at least 4 members (excludes halogenated alkanes) is 8. The molecule has 1 aromatic carbocycles. The Morgan fingerprint density at radius 1 is 0.861 bits per heavy atom. The maximum atomic E-state index is 12.2. The molecule has 3 rings (SSSR count). The predicted molar refractivity (Wildman–Crippen MR) is 149 cm³/mol. The summed E-state index contributed by atoms with van der Waals surface area (Å²) in [6.07, 6.45) is 25.0. The Morgan fingerprint density at radius 3 is 2.19 bits per heavy atom. The van der Waals surface area contributed by atoms with Gasteiger partial charge in [0.2, 0.25) is 0 Å². The molecule has 196 valence electrons. The molecule has 1 fully saturated rings. The lowest BCUT2D eigenvalue weighted by molar-refractivity contribution is -0.144. The van der Waals surface area contributed by atoms with Crippen molar-refractivity contribution in [2.75, 3.05) is 0 Å². The average Bonchev–Trinajstić information content (AvgIpc) is 2.91. The van der Waals surface area contributed by atoms with E-state index < -0.39 is 0 Å². The van der Waals surface area contributed by atoms with Crippen molar-refractivity contribution in [3.8, 4) is 11.4 Å². The molecule has 4 nitrogen and oxygen atoms in total. The highest BCUT2D eigenvalue weighted by Gasteiger charge is 2.24. The van der Waals surface area contributed by atoms with Crippen LogP contribution < -0.4 is 0 Å². The van der Waals surface area contributed by atoms with Crippen LogP contribution in [0.5, 0.6) is 0 Å². The minimum atomic E-state index is -0.176. The first kappa shape index (κ1) is 28.1. The molecular formula is C32H46N2O2. The SMILES string of the molecule is CCCCCCCCC=CC(=O)OC1CCC(c2ccc(-c3ncc(CCCCC)cn3)cc2)CC1. The van der Waals surface area contributed by atoms with E-state index in [4.69, 9.17) is 4.74 Å². The molecule has 1 heterocycles. The van der Waals surface area contributed by atoms with Crippen LogP contribution in [0.2, 0.25) is 0 Å². The Balaban J connectivity index is 1.36. The number of esters is 1. The van der Waals surface area contributed by atoms with Gasteiger partial charge in [-0.1, -0.05) is 89.1 Å². The number of allylic oxidation sites excluding steroid dienone is 1. The van der Waals surface area contributed by atoms with E-state index in [9.17, 15) is 4.79 Å². The minimum absolute atomic E-state index is 0.0518. The average molecular weight is 491 g/mol. The summed E-state index contributed by atoms with van der Waals surface area (Å²) >= 11 is 0. The highest BCUT2D eigenvalue weighted by atomic mass is 16.5. The summed E-state index contributed by atoms with van der Waals surface area (Å²) in [5.74, 6) is 1.14. The van der Waals surface area contributed by atoms with Gasteiger partial charge in [0.05, 0.1) is 0 Å². The third kappa shape index (κ3) is 9.87. The fourth-order valence-corrected chi connectivity index (χ4v) is 5.06. The van der Waals surface area contributed by atoms with E-state index in [1.165, 1.54) is 62.5 Å². The van der Waals surface area contributed by atoms with Crippen molar-refractivity contribution in [2.24, 2.45) is 0 Å². The maximum absolute atomic E-state index is 12.2. The maximum Gasteiger partial charge on any atom is 0.330 e. The van der Waals surface area contributed by atoms with Crippen LogP contribution in [0.3, 0.4) is 0 Å². The standard InChI is InChI=1S/C32H46N2O2/c1-3-5-7-8-9-10-11-13-15-31(35)36-30-22-20-28(21-23-30)27-16-18-29(19-17-27)32-33-24-26(25-34-32)14-12-6-4-2/h13,15-19,24-25,28,30H,3-12,14,20-23H2,1-2H3. The van der Waals surface area contributed by atoms with Crippen LogP contribution in [-0.2, 0) is 16.0 Å². The van der Waals surface area contributed by atoms with Gasteiger partial charge in [0.15, 0.2) is 5.82 Å². The zero-order chi connectivity index (χ0) is 25.4. The summed E-state index contributed by atoms with van der Waals surface area (Å²) in [7, 11) is 0. The summed E-state index contributed by atoms with van der Waals surface area (Å²) in [5, 5.41) is 0. The quantitative estimate of drug-likeness (QED) is 0.142. The molecule has 2 aromatic rings. The van der Waals surface area contributed by atoms with Gasteiger partial charge in [0.1, 0.15) is 6.10 Å². The van der Waals surface area contributed by atoms with Crippen LogP contribution >= 0.6 is 0 Å². The number of ether oxygens (including phenoxy) is 1. The molecule has 1 saturated carbocycles. The monoisotopic (exact) mass is 490 g/mol. The Kier molecular flexibility index (Phi) is 12.7. The van der Waals surface area contributed by atoms with Crippen molar-refractivity contribution < 1.29 is 9.53 Å². The van der Waals surface area contributed by atoms with Crippen molar-refractivity contribution in [2.45, 2.75) is 122 Å². The van der Waals surface area contributed by atoms with E-state index in [0.717, 1.165) is 56.3 Å². The van der Waals surface area contributed by atoms with E-state index in [1.807, 2.05) is 18.5 Å². The summed E-state index contributed by atoms with van der Waals surface area (Å²) in [4.78, 5) is 21.4. The fraction of sp³-hybridized carbons (Fsp3) is 0.594. The molecule has 4 heteroatoms. The molecule has 1 aliphatic rings. The Bertz CT molecular complexity index is 897. The van der Waals surface area contributed by atoms with Crippen molar-refractivity contribution >= 4 is 5.97 Å². The largest absolute Gasteiger partial charge is 0.459 e. The lowest BCUT2D eigenvalue weighted by Gasteiger charge is -2.28. The van der Waals surface area contributed by atoms with Gasteiger partial charge in [-0.2, -0.15) is 0 Å². The van der Waals surface area contributed by atoms with Crippen LogP contribution in [0.4, 0.5) is 0 Å². The second-order valence-electron chi connectivity index (χ2n) is 10.4. The van der Waals surface area contributed by atoms with Gasteiger partial charge in [0.25, 0.3) is 0 Å². The molecule has 0 radical (unpaired) electrons. The Morgan fingerprint density at radius 2 is 1.50 bits per heavy atom. The van der Waals surface area contributed by atoms with Crippen molar-refractivity contribution in [1.29, 1.82) is 0 Å². The summed E-state index contributed by atoms with van der Waals surface area (Å²) in [5.41, 5.74) is 3.64. The zero-order valence-corrected chi connectivity index (χ0v) is 22.6. The Labute approximate surface area is 219 Å². The molecule has 0 spiro atoms. The fourth-order valence-electron chi connectivity index (χ4n) is 5.06. The van der Waals surface area contributed by atoms with Gasteiger partial charge >= 0.3 is 5.97 Å². The molecule has 0 bridgehead atoms. The van der Waals surface area contributed by atoms with E-state index in [1.54, 1.807) is 6.08 Å². The first-order valence-corrected chi connectivity index (χ1v) is 14.5. The topological polar surface area (TPSA) is 52.1 Å². The summed E-state index contributed by atoms with van der Waals surface area (Å²) in [6, 6.07) is 8.72. The number of aryl methyl sites for hydroxylation is 1. The first-order valence-electron chi connectivity index (χ1n) is 14.5. The number of benzene rings is 1. The third-order valence-corrected chi connectivity index (χ3v) is 7.35. The summed E-state index contributed by atoms with van der Waals surface area (Å²) in [6.45, 7) is 4.46. The smallest absolute Gasteiger partial charge is 0.330 e. The molecule has 0 unspecified atom stereocenters. The van der Waals surface area contributed by atoms with Crippen LogP contribution in [0.15, 0.2) is 48.8 Å². The number of hydrogen-bond acceptors (Lipinski definition) is 4. The molecule has 36 heavy (non-hydrogen) atoms. The van der Waals surface area contributed by atoms with Gasteiger partial charge < -0.3 is 4.74 Å². The highest BCUT2D eigenvalue weighted by molar-refractivity contribution is 5.82. The number of carbonyl (C=O) groups excluding carboxylic acids is 1. The van der Waals surface area contributed by atoms with Gasteiger partial charge in [0, 0.05) is 24.0 Å². The number of rotatable bonds is 15. The molecule has 0 aliphatic heterocycles. The Hall–Kier alpha value is -2.49. The van der Waals surface area contributed by atoms with Crippen LogP contribution in [0, 0.1) is 0 Å². The summed E-state index contributed by atoms with van der Waals surface area (Å²) < 4.78 is 5.71. The minimum Gasteiger partial charge on any atom is -0.459 e. The molecule has 1 aromatic heterocycles. The van der Waals surface area contributed by atoms with Crippen molar-refractivity contribution in [1.82, 2.24) is 9.97 Å². The number of carbonyl (C=O) groups is 1. The second-order valence-corrected chi connectivity index (χ2v) is 10.4. The molecule has 0 N–H and O–H groups in total.